The maximum Gasteiger partial charge on any atom is 0.315 e. The molecule has 0 heterocycles. The summed E-state index contributed by atoms with van der Waals surface area (Å²) in [6.07, 6.45) is 0. The zero-order valence-electron chi connectivity index (χ0n) is 9.80. The lowest BCUT2D eigenvalue weighted by Crippen LogP contribution is -2.46. The molecule has 0 bridgehead atoms. The quantitative estimate of drug-likeness (QED) is 0.795. The molecule has 0 radical (unpaired) electrons. The van der Waals surface area contributed by atoms with Crippen molar-refractivity contribution in [3.63, 3.8) is 0 Å². The van der Waals surface area contributed by atoms with Crippen LogP contribution in [0.3, 0.4) is 0 Å². The van der Waals surface area contributed by atoms with Gasteiger partial charge in [-0.05, 0) is 38.5 Å². The first-order valence-corrected chi connectivity index (χ1v) is 5.17. The minimum atomic E-state index is -0.296. The van der Waals surface area contributed by atoms with Gasteiger partial charge in [0, 0.05) is 12.1 Å². The smallest absolute Gasteiger partial charge is 0.315 e. The first-order chi connectivity index (χ1) is 7.37. The van der Waals surface area contributed by atoms with E-state index in [0.29, 0.717) is 6.54 Å². The second-order valence-corrected chi connectivity index (χ2v) is 4.69. The lowest BCUT2D eigenvalue weighted by atomic mass is 10.1. The fraction of sp³-hybridized carbons (Fsp3) is 0.417. The lowest BCUT2D eigenvalue weighted by molar-refractivity contribution is 0.231. The molecule has 1 rings (SSSR count). The van der Waals surface area contributed by atoms with Crippen LogP contribution >= 0.6 is 0 Å². The fourth-order valence-electron chi connectivity index (χ4n) is 1.21. The van der Waals surface area contributed by atoms with Crippen LogP contribution in [0.15, 0.2) is 24.3 Å². The first kappa shape index (κ1) is 12.5. The first-order valence-electron chi connectivity index (χ1n) is 5.17. The molecule has 16 heavy (non-hydrogen) atoms. The highest BCUT2D eigenvalue weighted by Gasteiger charge is 2.12. The summed E-state index contributed by atoms with van der Waals surface area (Å²) in [5.74, 6) is -0.296. The minimum Gasteiger partial charge on any atom is -0.334 e. The Hall–Kier alpha value is -1.58. The van der Waals surface area contributed by atoms with E-state index in [-0.39, 0.29) is 17.4 Å². The molecule has 88 valence electrons. The van der Waals surface area contributed by atoms with Gasteiger partial charge in [0.15, 0.2) is 0 Å². The van der Waals surface area contributed by atoms with Crippen molar-refractivity contribution in [2.24, 2.45) is 0 Å². The van der Waals surface area contributed by atoms with E-state index in [1.807, 2.05) is 20.8 Å². The second kappa shape index (κ2) is 4.96. The van der Waals surface area contributed by atoms with Gasteiger partial charge < -0.3 is 10.6 Å². The summed E-state index contributed by atoms with van der Waals surface area (Å²) >= 11 is 0. The number of carbonyl (C=O) groups excluding carboxylic acids is 1. The van der Waals surface area contributed by atoms with Crippen LogP contribution in [0, 0.1) is 5.82 Å². The highest BCUT2D eigenvalue weighted by atomic mass is 19.1. The van der Waals surface area contributed by atoms with Crippen LogP contribution in [0.4, 0.5) is 9.18 Å². The predicted molar refractivity (Wildman–Crippen MR) is 61.5 cm³/mol. The van der Waals surface area contributed by atoms with Gasteiger partial charge in [-0.2, -0.15) is 0 Å². The molecule has 0 spiro atoms. The maximum atomic E-state index is 12.8. The van der Waals surface area contributed by atoms with Crippen molar-refractivity contribution in [3.8, 4) is 0 Å². The Bertz CT molecular complexity index is 372. The third-order valence-corrected chi connectivity index (χ3v) is 1.83. The summed E-state index contributed by atoms with van der Waals surface area (Å²) in [6.45, 7) is 6.01. The zero-order valence-corrected chi connectivity index (χ0v) is 9.80. The molecule has 1 aromatic rings. The molecule has 0 aliphatic heterocycles. The third kappa shape index (κ3) is 4.77. The molecule has 4 heteroatoms. The van der Waals surface area contributed by atoms with Crippen LogP contribution in [0.25, 0.3) is 0 Å². The molecule has 0 aromatic heterocycles. The Morgan fingerprint density at radius 2 is 2.06 bits per heavy atom. The van der Waals surface area contributed by atoms with E-state index in [0.717, 1.165) is 5.56 Å². The van der Waals surface area contributed by atoms with Gasteiger partial charge in [-0.1, -0.05) is 12.1 Å². The van der Waals surface area contributed by atoms with Gasteiger partial charge in [-0.15, -0.1) is 0 Å². The van der Waals surface area contributed by atoms with Crippen molar-refractivity contribution >= 4 is 6.03 Å². The summed E-state index contributed by atoms with van der Waals surface area (Å²) in [4.78, 5) is 11.4. The van der Waals surface area contributed by atoms with E-state index in [4.69, 9.17) is 0 Å². The van der Waals surface area contributed by atoms with Gasteiger partial charge >= 0.3 is 6.03 Å². The van der Waals surface area contributed by atoms with E-state index < -0.39 is 0 Å². The van der Waals surface area contributed by atoms with Crippen LogP contribution in [0.2, 0.25) is 0 Å². The van der Waals surface area contributed by atoms with Crippen LogP contribution in [-0.2, 0) is 6.54 Å². The van der Waals surface area contributed by atoms with Gasteiger partial charge in [0.1, 0.15) is 5.82 Å². The minimum absolute atomic E-state index is 0.253. The van der Waals surface area contributed by atoms with Crippen LogP contribution in [-0.4, -0.2) is 11.6 Å². The van der Waals surface area contributed by atoms with E-state index in [2.05, 4.69) is 10.6 Å². The molecular weight excluding hydrogens is 207 g/mol. The number of benzene rings is 1. The molecular formula is C12H17FN2O. The van der Waals surface area contributed by atoms with Crippen molar-refractivity contribution in [1.29, 1.82) is 0 Å². The molecule has 0 unspecified atom stereocenters. The number of rotatable bonds is 2. The van der Waals surface area contributed by atoms with Crippen LogP contribution < -0.4 is 10.6 Å². The summed E-state index contributed by atoms with van der Waals surface area (Å²) in [5.41, 5.74) is 0.468. The number of urea groups is 1. The summed E-state index contributed by atoms with van der Waals surface area (Å²) in [7, 11) is 0. The second-order valence-electron chi connectivity index (χ2n) is 4.69. The van der Waals surface area contributed by atoms with E-state index in [1.54, 1.807) is 12.1 Å². The number of halogens is 1. The van der Waals surface area contributed by atoms with E-state index in [1.165, 1.54) is 12.1 Å². The largest absolute Gasteiger partial charge is 0.334 e. The third-order valence-electron chi connectivity index (χ3n) is 1.83. The molecule has 0 aliphatic rings. The number of hydrogen-bond acceptors (Lipinski definition) is 1. The number of nitrogens with one attached hydrogen (secondary N) is 2. The molecule has 3 nitrogen and oxygen atoms in total. The van der Waals surface area contributed by atoms with Crippen LogP contribution in [0.1, 0.15) is 26.3 Å². The lowest BCUT2D eigenvalue weighted by Gasteiger charge is -2.20. The summed E-state index contributed by atoms with van der Waals surface area (Å²) in [5, 5.41) is 5.43. The Balaban J connectivity index is 2.43. The van der Waals surface area contributed by atoms with Crippen molar-refractivity contribution in [1.82, 2.24) is 10.6 Å². The zero-order chi connectivity index (χ0) is 12.2. The highest BCUT2D eigenvalue weighted by Crippen LogP contribution is 2.03. The molecule has 0 saturated heterocycles. The monoisotopic (exact) mass is 224 g/mol. The summed E-state index contributed by atoms with van der Waals surface area (Å²) < 4.78 is 12.8. The Morgan fingerprint density at radius 1 is 1.38 bits per heavy atom. The van der Waals surface area contributed by atoms with Crippen molar-refractivity contribution < 1.29 is 9.18 Å². The Labute approximate surface area is 95.0 Å². The molecule has 0 fully saturated rings. The fourth-order valence-corrected chi connectivity index (χ4v) is 1.21. The number of hydrogen-bond donors (Lipinski definition) is 2. The molecule has 1 aromatic carbocycles. The van der Waals surface area contributed by atoms with Crippen molar-refractivity contribution in [3.05, 3.63) is 35.6 Å². The average Bonchev–Trinajstić information content (AvgIpc) is 2.12. The van der Waals surface area contributed by atoms with E-state index in [9.17, 15) is 9.18 Å². The average molecular weight is 224 g/mol. The van der Waals surface area contributed by atoms with Gasteiger partial charge in [0.2, 0.25) is 0 Å². The van der Waals surface area contributed by atoms with Gasteiger partial charge in [-0.25, -0.2) is 9.18 Å². The van der Waals surface area contributed by atoms with Gasteiger partial charge in [0.05, 0.1) is 0 Å². The number of amides is 2. The Kier molecular flexibility index (Phi) is 3.88. The van der Waals surface area contributed by atoms with Crippen molar-refractivity contribution in [2.45, 2.75) is 32.9 Å². The SMILES string of the molecule is CC(C)(C)NC(=O)NCc1cccc(F)c1. The topological polar surface area (TPSA) is 41.1 Å². The molecule has 0 saturated carbocycles. The standard InChI is InChI=1S/C12H17FN2O/c1-12(2,3)15-11(16)14-8-9-5-4-6-10(13)7-9/h4-7H,8H2,1-3H3,(H2,14,15,16). The maximum absolute atomic E-state index is 12.8. The van der Waals surface area contributed by atoms with Gasteiger partial charge in [0.25, 0.3) is 0 Å². The molecule has 0 atom stereocenters. The summed E-state index contributed by atoms with van der Waals surface area (Å²) in [6, 6.07) is 5.90. The normalized spacial score (nSPS) is 11.0. The van der Waals surface area contributed by atoms with Crippen LogP contribution in [0.5, 0.6) is 0 Å². The predicted octanol–water partition coefficient (Wildman–Crippen LogP) is 2.42. The van der Waals surface area contributed by atoms with E-state index >= 15 is 0 Å². The Morgan fingerprint density at radius 3 is 2.62 bits per heavy atom. The highest BCUT2D eigenvalue weighted by molar-refractivity contribution is 5.74. The van der Waals surface area contributed by atoms with Crippen molar-refractivity contribution in [2.75, 3.05) is 0 Å². The molecule has 0 aliphatic carbocycles. The number of carbonyl (C=O) groups is 1. The molecule has 2 N–H and O–H groups in total. The van der Waals surface area contributed by atoms with Gasteiger partial charge in [-0.3, -0.25) is 0 Å². The molecule has 2 amide bonds.